The van der Waals surface area contributed by atoms with Crippen LogP contribution in [0.2, 0.25) is 0 Å². The molecular weight excluding hydrogens is 162 g/mol. The molecule has 1 rings (SSSR count). The van der Waals surface area contributed by atoms with Crippen LogP contribution < -0.4 is 11.1 Å². The predicted molar refractivity (Wildman–Crippen MR) is 54.3 cm³/mol. The first-order chi connectivity index (χ1) is 6.22. The van der Waals surface area contributed by atoms with Crippen molar-refractivity contribution in [3.05, 3.63) is 29.6 Å². The maximum absolute atomic E-state index is 5.49. The van der Waals surface area contributed by atoms with E-state index >= 15 is 0 Å². The summed E-state index contributed by atoms with van der Waals surface area (Å²) in [6, 6.07) is 4.47. The fourth-order valence-corrected chi connectivity index (χ4v) is 1.09. The summed E-state index contributed by atoms with van der Waals surface area (Å²) in [6.07, 6.45) is 1.83. The third kappa shape index (κ3) is 3.53. The molecule has 3 N–H and O–H groups in total. The van der Waals surface area contributed by atoms with E-state index in [4.69, 9.17) is 5.73 Å². The van der Waals surface area contributed by atoms with Gasteiger partial charge in [-0.3, -0.25) is 4.98 Å². The number of nitrogens with two attached hydrogens (primary N) is 1. The van der Waals surface area contributed by atoms with E-state index in [2.05, 4.69) is 23.3 Å². The van der Waals surface area contributed by atoms with Crippen LogP contribution in [0.3, 0.4) is 0 Å². The van der Waals surface area contributed by atoms with Gasteiger partial charge < -0.3 is 11.1 Å². The number of nitrogens with zero attached hydrogens (tertiary/aromatic N) is 1. The van der Waals surface area contributed by atoms with Gasteiger partial charge >= 0.3 is 0 Å². The largest absolute Gasteiger partial charge is 0.329 e. The molecule has 1 aromatic rings. The minimum absolute atomic E-state index is 0.369. The summed E-state index contributed by atoms with van der Waals surface area (Å²) < 4.78 is 0. The van der Waals surface area contributed by atoms with E-state index in [9.17, 15) is 0 Å². The summed E-state index contributed by atoms with van der Waals surface area (Å²) >= 11 is 0. The highest BCUT2D eigenvalue weighted by Gasteiger charge is 1.98. The predicted octanol–water partition coefficient (Wildman–Crippen LogP) is 0.827. The van der Waals surface area contributed by atoms with Crippen LogP contribution >= 0.6 is 0 Å². The molecule has 3 nitrogen and oxygen atoms in total. The van der Waals surface area contributed by atoms with Gasteiger partial charge in [0.05, 0.1) is 0 Å². The highest BCUT2D eigenvalue weighted by Crippen LogP contribution is 2.00. The number of aryl methyl sites for hydroxylation is 1. The zero-order valence-corrected chi connectivity index (χ0v) is 8.25. The van der Waals surface area contributed by atoms with Crippen molar-refractivity contribution in [3.63, 3.8) is 0 Å². The third-order valence-corrected chi connectivity index (χ3v) is 1.97. The van der Waals surface area contributed by atoms with Gasteiger partial charge in [-0.1, -0.05) is 0 Å². The number of rotatable bonds is 4. The van der Waals surface area contributed by atoms with Crippen LogP contribution in [0.1, 0.15) is 18.2 Å². The minimum atomic E-state index is 0.369. The maximum Gasteiger partial charge on any atom is 0.0375 e. The van der Waals surface area contributed by atoms with E-state index in [-0.39, 0.29) is 0 Å². The van der Waals surface area contributed by atoms with Crippen molar-refractivity contribution in [1.82, 2.24) is 10.3 Å². The van der Waals surface area contributed by atoms with Gasteiger partial charge in [-0.25, -0.2) is 0 Å². The lowest BCUT2D eigenvalue weighted by molar-refractivity contribution is 0.556. The van der Waals surface area contributed by atoms with Crippen molar-refractivity contribution in [2.24, 2.45) is 5.73 Å². The molecule has 0 aliphatic heterocycles. The quantitative estimate of drug-likeness (QED) is 0.719. The van der Waals surface area contributed by atoms with Crippen molar-refractivity contribution in [2.75, 3.05) is 6.54 Å². The van der Waals surface area contributed by atoms with Crippen molar-refractivity contribution in [1.29, 1.82) is 0 Å². The molecule has 0 spiro atoms. The van der Waals surface area contributed by atoms with Gasteiger partial charge in [-0.05, 0) is 31.5 Å². The van der Waals surface area contributed by atoms with Crippen molar-refractivity contribution < 1.29 is 0 Å². The van der Waals surface area contributed by atoms with Gasteiger partial charge in [-0.15, -0.1) is 0 Å². The van der Waals surface area contributed by atoms with Crippen molar-refractivity contribution in [2.45, 2.75) is 26.4 Å². The third-order valence-electron chi connectivity index (χ3n) is 1.97. The van der Waals surface area contributed by atoms with E-state index in [1.165, 1.54) is 5.56 Å². The van der Waals surface area contributed by atoms with Crippen LogP contribution in [0, 0.1) is 6.92 Å². The van der Waals surface area contributed by atoms with Gasteiger partial charge in [0.25, 0.3) is 0 Å². The molecule has 0 aromatic carbocycles. The SMILES string of the molecule is Cc1cc(CN[C@@H](C)CN)ccn1. The van der Waals surface area contributed by atoms with Crippen LogP contribution in [0.4, 0.5) is 0 Å². The van der Waals surface area contributed by atoms with Crippen molar-refractivity contribution >= 4 is 0 Å². The average molecular weight is 179 g/mol. The molecule has 1 heterocycles. The molecule has 0 fully saturated rings. The Hall–Kier alpha value is -0.930. The topological polar surface area (TPSA) is 50.9 Å². The van der Waals surface area contributed by atoms with Gasteiger partial charge in [0.2, 0.25) is 0 Å². The van der Waals surface area contributed by atoms with Gasteiger partial charge in [0.15, 0.2) is 0 Å². The highest BCUT2D eigenvalue weighted by atomic mass is 14.9. The van der Waals surface area contributed by atoms with E-state index in [1.54, 1.807) is 0 Å². The summed E-state index contributed by atoms with van der Waals surface area (Å²) in [5, 5.41) is 3.32. The number of nitrogens with one attached hydrogen (secondary N) is 1. The summed E-state index contributed by atoms with van der Waals surface area (Å²) in [4.78, 5) is 4.13. The normalized spacial score (nSPS) is 12.8. The fraction of sp³-hybridized carbons (Fsp3) is 0.500. The lowest BCUT2D eigenvalue weighted by Gasteiger charge is -2.10. The standard InChI is InChI=1S/C10H17N3/c1-8-5-10(3-4-12-8)7-13-9(2)6-11/h3-5,9,13H,6-7,11H2,1-2H3/t9-/m0/s1. The first-order valence-electron chi connectivity index (χ1n) is 4.57. The summed E-state index contributed by atoms with van der Waals surface area (Å²) in [6.45, 7) is 5.61. The molecule has 0 aliphatic rings. The number of hydrogen-bond acceptors (Lipinski definition) is 3. The Morgan fingerprint density at radius 2 is 2.38 bits per heavy atom. The summed E-state index contributed by atoms with van der Waals surface area (Å²) in [5.74, 6) is 0. The van der Waals surface area contributed by atoms with Crippen LogP contribution in [0.15, 0.2) is 18.3 Å². The molecular formula is C10H17N3. The number of pyridine rings is 1. The molecule has 1 aromatic heterocycles. The second-order valence-corrected chi connectivity index (χ2v) is 3.32. The molecule has 1 atom stereocenters. The van der Waals surface area contributed by atoms with E-state index in [0.717, 1.165) is 12.2 Å². The van der Waals surface area contributed by atoms with E-state index in [0.29, 0.717) is 12.6 Å². The fourth-order valence-electron chi connectivity index (χ4n) is 1.09. The zero-order valence-electron chi connectivity index (χ0n) is 8.25. The summed E-state index contributed by atoms with van der Waals surface area (Å²) in [5.41, 5.74) is 7.80. The Bertz CT molecular complexity index is 260. The van der Waals surface area contributed by atoms with Crippen LogP contribution in [-0.2, 0) is 6.54 Å². The maximum atomic E-state index is 5.49. The highest BCUT2D eigenvalue weighted by molar-refractivity contribution is 5.15. The van der Waals surface area contributed by atoms with Crippen LogP contribution in [-0.4, -0.2) is 17.6 Å². The molecule has 72 valence electrons. The Kier molecular flexibility index (Phi) is 3.86. The first kappa shape index (κ1) is 10.2. The zero-order chi connectivity index (χ0) is 9.68. The molecule has 0 radical (unpaired) electrons. The molecule has 13 heavy (non-hydrogen) atoms. The molecule has 0 amide bonds. The Morgan fingerprint density at radius 1 is 1.62 bits per heavy atom. The van der Waals surface area contributed by atoms with Gasteiger partial charge in [0, 0.05) is 31.0 Å². The van der Waals surface area contributed by atoms with Crippen LogP contribution in [0.25, 0.3) is 0 Å². The number of hydrogen-bond donors (Lipinski definition) is 2. The molecule has 0 unspecified atom stereocenters. The van der Waals surface area contributed by atoms with E-state index < -0.39 is 0 Å². The van der Waals surface area contributed by atoms with E-state index in [1.807, 2.05) is 19.2 Å². The Labute approximate surface area is 79.4 Å². The summed E-state index contributed by atoms with van der Waals surface area (Å²) in [7, 11) is 0. The average Bonchev–Trinajstić information content (AvgIpc) is 2.14. The van der Waals surface area contributed by atoms with Crippen molar-refractivity contribution in [3.8, 4) is 0 Å². The molecule has 0 saturated carbocycles. The smallest absolute Gasteiger partial charge is 0.0375 e. The second-order valence-electron chi connectivity index (χ2n) is 3.32. The van der Waals surface area contributed by atoms with Crippen LogP contribution in [0.5, 0.6) is 0 Å². The Morgan fingerprint density at radius 3 is 3.00 bits per heavy atom. The second kappa shape index (κ2) is 4.94. The number of aromatic nitrogens is 1. The first-order valence-corrected chi connectivity index (χ1v) is 4.57. The minimum Gasteiger partial charge on any atom is -0.329 e. The lowest BCUT2D eigenvalue weighted by atomic mass is 10.2. The Balaban J connectivity index is 2.45. The van der Waals surface area contributed by atoms with Gasteiger partial charge in [0.1, 0.15) is 0 Å². The molecule has 0 aliphatic carbocycles. The lowest BCUT2D eigenvalue weighted by Crippen LogP contribution is -2.32. The molecule has 3 heteroatoms. The molecule has 0 saturated heterocycles. The van der Waals surface area contributed by atoms with Gasteiger partial charge in [-0.2, -0.15) is 0 Å². The monoisotopic (exact) mass is 179 g/mol. The molecule has 0 bridgehead atoms.